The number of carboxylic acids is 1. The Morgan fingerprint density at radius 3 is 2.80 bits per heavy atom. The summed E-state index contributed by atoms with van der Waals surface area (Å²) in [6.45, 7) is 0.277. The Morgan fingerprint density at radius 2 is 2.33 bits per heavy atom. The number of carbonyl (C=O) groups is 1. The van der Waals surface area contributed by atoms with Crippen molar-refractivity contribution >= 4 is 5.97 Å². The third-order valence-corrected chi connectivity index (χ3v) is 1.98. The average Bonchev–Trinajstić information content (AvgIpc) is 2.17. The zero-order chi connectivity index (χ0) is 11.4. The van der Waals surface area contributed by atoms with Crippen molar-refractivity contribution in [2.45, 2.75) is 12.6 Å². The normalized spacial score (nSPS) is 12.5. The maximum absolute atomic E-state index is 13.4. The second-order valence-corrected chi connectivity index (χ2v) is 3.10. The Balaban J connectivity index is 2.97. The molecule has 15 heavy (non-hydrogen) atoms. The summed E-state index contributed by atoms with van der Waals surface area (Å²) in [7, 11) is 1.49. The molecular weight excluding hydrogens is 201 g/mol. The second kappa shape index (κ2) is 4.86. The van der Waals surface area contributed by atoms with E-state index in [-0.39, 0.29) is 12.2 Å². The van der Waals surface area contributed by atoms with Crippen molar-refractivity contribution in [3.8, 4) is 0 Å². The van der Waals surface area contributed by atoms with E-state index >= 15 is 0 Å². The van der Waals surface area contributed by atoms with Gasteiger partial charge in [-0.2, -0.15) is 0 Å². The predicted molar refractivity (Wildman–Crippen MR) is 51.7 cm³/mol. The molecule has 5 heteroatoms. The van der Waals surface area contributed by atoms with Gasteiger partial charge in [-0.25, -0.2) is 4.39 Å². The first-order chi connectivity index (χ1) is 7.06. The van der Waals surface area contributed by atoms with Crippen molar-refractivity contribution in [3.63, 3.8) is 0 Å². The number of nitrogens with two attached hydrogens (primary N) is 1. The van der Waals surface area contributed by atoms with Gasteiger partial charge in [-0.1, -0.05) is 12.1 Å². The third-order valence-electron chi connectivity index (χ3n) is 1.98. The number of ether oxygens (including phenoxy) is 1. The Kier molecular flexibility index (Phi) is 3.76. The van der Waals surface area contributed by atoms with E-state index in [9.17, 15) is 9.18 Å². The Bertz CT molecular complexity index is 368. The average molecular weight is 213 g/mol. The fraction of sp³-hybridized carbons (Fsp3) is 0.300. The lowest BCUT2D eigenvalue weighted by molar-refractivity contribution is -0.138. The predicted octanol–water partition coefficient (Wildman–Crippen LogP) is 1.06. The molecule has 0 aromatic heterocycles. The van der Waals surface area contributed by atoms with Crippen LogP contribution in [0.4, 0.5) is 4.39 Å². The standard InChI is InChI=1S/C10H12FNO3/c1-15-5-6-2-3-7(8(11)4-6)9(12)10(13)14/h2-4,9H,5,12H2,1H3,(H,13,14). The number of carboxylic acid groups (broad SMARTS) is 1. The summed E-state index contributed by atoms with van der Waals surface area (Å²) >= 11 is 0. The summed E-state index contributed by atoms with van der Waals surface area (Å²) in [6, 6.07) is 2.84. The van der Waals surface area contributed by atoms with Crippen LogP contribution in [0.3, 0.4) is 0 Å². The number of benzene rings is 1. The lowest BCUT2D eigenvalue weighted by atomic mass is 10.1. The molecule has 0 saturated heterocycles. The van der Waals surface area contributed by atoms with Crippen LogP contribution in [0.15, 0.2) is 18.2 Å². The SMILES string of the molecule is COCc1ccc(C(N)C(=O)O)c(F)c1. The molecule has 1 atom stereocenters. The van der Waals surface area contributed by atoms with Gasteiger partial charge in [0.2, 0.25) is 0 Å². The van der Waals surface area contributed by atoms with Gasteiger partial charge >= 0.3 is 5.97 Å². The highest BCUT2D eigenvalue weighted by molar-refractivity contribution is 5.75. The summed E-state index contributed by atoms with van der Waals surface area (Å²) in [4.78, 5) is 10.5. The molecule has 4 nitrogen and oxygen atoms in total. The van der Waals surface area contributed by atoms with Crippen molar-refractivity contribution in [1.29, 1.82) is 0 Å². The number of aliphatic carboxylic acids is 1. The van der Waals surface area contributed by atoms with E-state index in [4.69, 9.17) is 15.6 Å². The van der Waals surface area contributed by atoms with Crippen LogP contribution in [-0.4, -0.2) is 18.2 Å². The lowest BCUT2D eigenvalue weighted by Gasteiger charge is -2.09. The smallest absolute Gasteiger partial charge is 0.325 e. The highest BCUT2D eigenvalue weighted by atomic mass is 19.1. The van der Waals surface area contributed by atoms with Crippen LogP contribution >= 0.6 is 0 Å². The maximum atomic E-state index is 13.4. The van der Waals surface area contributed by atoms with E-state index in [0.717, 1.165) is 0 Å². The van der Waals surface area contributed by atoms with Gasteiger partial charge in [-0.3, -0.25) is 4.79 Å². The Labute approximate surface area is 86.5 Å². The van der Waals surface area contributed by atoms with Crippen LogP contribution in [0.25, 0.3) is 0 Å². The van der Waals surface area contributed by atoms with E-state index in [1.807, 2.05) is 0 Å². The van der Waals surface area contributed by atoms with Gasteiger partial charge in [0.05, 0.1) is 6.61 Å². The highest BCUT2D eigenvalue weighted by Crippen LogP contribution is 2.17. The van der Waals surface area contributed by atoms with Crippen LogP contribution in [0.5, 0.6) is 0 Å². The van der Waals surface area contributed by atoms with Crippen LogP contribution in [0.1, 0.15) is 17.2 Å². The minimum absolute atomic E-state index is 0.0256. The molecule has 0 spiro atoms. The van der Waals surface area contributed by atoms with Crippen molar-refractivity contribution in [2.75, 3.05) is 7.11 Å². The van der Waals surface area contributed by atoms with Gasteiger partial charge in [-0.15, -0.1) is 0 Å². The van der Waals surface area contributed by atoms with Crippen molar-refractivity contribution in [3.05, 3.63) is 35.1 Å². The lowest BCUT2D eigenvalue weighted by Crippen LogP contribution is -2.21. The van der Waals surface area contributed by atoms with Gasteiger partial charge in [-0.05, 0) is 11.6 Å². The summed E-state index contributed by atoms with van der Waals surface area (Å²) in [5.41, 5.74) is 5.90. The number of methoxy groups -OCH3 is 1. The van der Waals surface area contributed by atoms with Crippen LogP contribution in [0, 0.1) is 5.82 Å². The molecule has 3 N–H and O–H groups in total. The molecule has 0 fully saturated rings. The van der Waals surface area contributed by atoms with Gasteiger partial charge in [0, 0.05) is 12.7 Å². The molecule has 1 rings (SSSR count). The summed E-state index contributed by atoms with van der Waals surface area (Å²) < 4.78 is 18.2. The van der Waals surface area contributed by atoms with Crippen molar-refractivity contribution in [1.82, 2.24) is 0 Å². The second-order valence-electron chi connectivity index (χ2n) is 3.10. The van der Waals surface area contributed by atoms with Crippen LogP contribution < -0.4 is 5.73 Å². The fourth-order valence-corrected chi connectivity index (χ4v) is 1.21. The monoisotopic (exact) mass is 213 g/mol. The van der Waals surface area contributed by atoms with E-state index in [1.165, 1.54) is 19.2 Å². The molecule has 1 unspecified atom stereocenters. The van der Waals surface area contributed by atoms with Gasteiger partial charge in [0.1, 0.15) is 11.9 Å². The molecule has 1 aromatic rings. The molecule has 0 heterocycles. The topological polar surface area (TPSA) is 72.5 Å². The quantitative estimate of drug-likeness (QED) is 0.784. The minimum atomic E-state index is -1.33. The van der Waals surface area contributed by atoms with Gasteiger partial charge < -0.3 is 15.6 Å². The third kappa shape index (κ3) is 2.74. The molecule has 0 aliphatic heterocycles. The number of hydrogen-bond acceptors (Lipinski definition) is 3. The summed E-state index contributed by atoms with van der Waals surface area (Å²) in [5, 5.41) is 8.62. The van der Waals surface area contributed by atoms with Crippen LogP contribution in [-0.2, 0) is 16.1 Å². The van der Waals surface area contributed by atoms with Crippen LogP contribution in [0.2, 0.25) is 0 Å². The van der Waals surface area contributed by atoms with Crippen molar-refractivity contribution in [2.24, 2.45) is 5.73 Å². The zero-order valence-corrected chi connectivity index (χ0v) is 8.24. The largest absolute Gasteiger partial charge is 0.480 e. The molecule has 0 saturated carbocycles. The summed E-state index contributed by atoms with van der Waals surface area (Å²) in [5.74, 6) is -1.88. The molecule has 82 valence electrons. The zero-order valence-electron chi connectivity index (χ0n) is 8.24. The first kappa shape index (κ1) is 11.6. The minimum Gasteiger partial charge on any atom is -0.480 e. The van der Waals surface area contributed by atoms with E-state index in [1.54, 1.807) is 6.07 Å². The van der Waals surface area contributed by atoms with E-state index < -0.39 is 17.8 Å². The molecule has 0 amide bonds. The molecule has 0 radical (unpaired) electrons. The number of halogens is 1. The fourth-order valence-electron chi connectivity index (χ4n) is 1.21. The summed E-state index contributed by atoms with van der Waals surface area (Å²) in [6.07, 6.45) is 0. The van der Waals surface area contributed by atoms with E-state index in [0.29, 0.717) is 5.56 Å². The van der Waals surface area contributed by atoms with Gasteiger partial charge in [0.25, 0.3) is 0 Å². The number of rotatable bonds is 4. The number of hydrogen-bond donors (Lipinski definition) is 2. The van der Waals surface area contributed by atoms with Gasteiger partial charge in [0.15, 0.2) is 0 Å². The maximum Gasteiger partial charge on any atom is 0.325 e. The Hall–Kier alpha value is -1.46. The molecular formula is C10H12FNO3. The first-order valence-electron chi connectivity index (χ1n) is 4.32. The molecule has 0 bridgehead atoms. The van der Waals surface area contributed by atoms with Crippen molar-refractivity contribution < 1.29 is 19.0 Å². The molecule has 0 aliphatic rings. The molecule has 1 aromatic carbocycles. The van der Waals surface area contributed by atoms with E-state index in [2.05, 4.69) is 0 Å². The molecule has 0 aliphatic carbocycles. The highest BCUT2D eigenvalue weighted by Gasteiger charge is 2.18. The Morgan fingerprint density at radius 1 is 1.67 bits per heavy atom. The first-order valence-corrected chi connectivity index (χ1v) is 4.32.